The van der Waals surface area contributed by atoms with E-state index in [0.717, 1.165) is 25.9 Å². The van der Waals surface area contributed by atoms with Crippen molar-refractivity contribution in [3.8, 4) is 0 Å². The van der Waals surface area contributed by atoms with Crippen molar-refractivity contribution in [1.29, 1.82) is 0 Å². The molecule has 1 amide bonds. The van der Waals surface area contributed by atoms with Crippen molar-refractivity contribution in [2.75, 3.05) is 25.0 Å². The van der Waals surface area contributed by atoms with Gasteiger partial charge in [0.1, 0.15) is 12.3 Å². The van der Waals surface area contributed by atoms with Gasteiger partial charge in [0.25, 0.3) is 6.01 Å². The van der Waals surface area contributed by atoms with Crippen LogP contribution in [0.2, 0.25) is 0 Å². The first-order valence-electron chi connectivity index (χ1n) is 6.79. The summed E-state index contributed by atoms with van der Waals surface area (Å²) in [5, 5.41) is 2.86. The van der Waals surface area contributed by atoms with Gasteiger partial charge in [0, 0.05) is 13.1 Å². The summed E-state index contributed by atoms with van der Waals surface area (Å²) in [5.74, 6) is -0.527. The van der Waals surface area contributed by atoms with Gasteiger partial charge in [-0.1, -0.05) is 0 Å². The molecule has 2 rings (SSSR count). The minimum atomic E-state index is -0.539. The van der Waals surface area contributed by atoms with Crippen LogP contribution in [0.1, 0.15) is 37.2 Å². The largest absolute Gasteiger partial charge is 0.461 e. The first-order chi connectivity index (χ1) is 9.61. The van der Waals surface area contributed by atoms with Gasteiger partial charge in [0.05, 0.1) is 6.61 Å². The maximum absolute atomic E-state index is 12.1. The number of anilines is 1. The Bertz CT molecular complexity index is 480. The SMILES string of the molecule is CCOC(=O)c1coc(NC(C)C(=O)N2CCCC2)n1. The Balaban J connectivity index is 1.92. The average Bonchev–Trinajstić information content (AvgIpc) is 3.09. The van der Waals surface area contributed by atoms with Crippen molar-refractivity contribution < 1.29 is 18.7 Å². The van der Waals surface area contributed by atoms with Gasteiger partial charge >= 0.3 is 5.97 Å². The Kier molecular flexibility index (Phi) is 4.60. The zero-order chi connectivity index (χ0) is 14.5. The van der Waals surface area contributed by atoms with Crippen LogP contribution in [0.5, 0.6) is 0 Å². The average molecular weight is 281 g/mol. The van der Waals surface area contributed by atoms with Crippen molar-refractivity contribution in [1.82, 2.24) is 9.88 Å². The lowest BCUT2D eigenvalue weighted by atomic mass is 10.3. The number of hydrogen-bond donors (Lipinski definition) is 1. The molecule has 2 heterocycles. The number of esters is 1. The van der Waals surface area contributed by atoms with Crippen LogP contribution in [0.3, 0.4) is 0 Å². The molecule has 1 aromatic heterocycles. The molecule has 1 saturated heterocycles. The van der Waals surface area contributed by atoms with Crippen LogP contribution in [0.25, 0.3) is 0 Å². The van der Waals surface area contributed by atoms with E-state index in [1.165, 1.54) is 6.26 Å². The minimum absolute atomic E-state index is 0.0124. The number of aromatic nitrogens is 1. The highest BCUT2D eigenvalue weighted by atomic mass is 16.5. The summed E-state index contributed by atoms with van der Waals surface area (Å²) < 4.78 is 9.93. The third-order valence-electron chi connectivity index (χ3n) is 3.12. The van der Waals surface area contributed by atoms with Crippen LogP contribution < -0.4 is 5.32 Å². The Morgan fingerprint density at radius 2 is 2.20 bits per heavy atom. The zero-order valence-electron chi connectivity index (χ0n) is 11.7. The summed E-state index contributed by atoms with van der Waals surface area (Å²) in [5.41, 5.74) is 0.0928. The molecule has 0 bridgehead atoms. The molecule has 1 aliphatic heterocycles. The Labute approximate surface area is 117 Å². The van der Waals surface area contributed by atoms with E-state index in [2.05, 4.69) is 10.3 Å². The summed E-state index contributed by atoms with van der Waals surface area (Å²) >= 11 is 0. The number of nitrogens with one attached hydrogen (secondary N) is 1. The van der Waals surface area contributed by atoms with E-state index in [1.54, 1.807) is 13.8 Å². The maximum Gasteiger partial charge on any atom is 0.360 e. The fourth-order valence-corrected chi connectivity index (χ4v) is 2.10. The fraction of sp³-hybridized carbons (Fsp3) is 0.615. The second-order valence-electron chi connectivity index (χ2n) is 4.66. The number of oxazole rings is 1. The number of amides is 1. The second-order valence-corrected chi connectivity index (χ2v) is 4.66. The number of rotatable bonds is 5. The van der Waals surface area contributed by atoms with Gasteiger partial charge in [-0.15, -0.1) is 0 Å². The summed E-state index contributed by atoms with van der Waals surface area (Å²) in [7, 11) is 0. The third kappa shape index (κ3) is 3.28. The molecule has 0 aromatic carbocycles. The number of nitrogens with zero attached hydrogens (tertiary/aromatic N) is 2. The lowest BCUT2D eigenvalue weighted by Crippen LogP contribution is -2.39. The smallest absolute Gasteiger partial charge is 0.360 e. The molecule has 0 saturated carbocycles. The maximum atomic E-state index is 12.1. The predicted molar refractivity (Wildman–Crippen MR) is 71.4 cm³/mol. The molecule has 20 heavy (non-hydrogen) atoms. The molecule has 0 aliphatic carbocycles. The zero-order valence-corrected chi connectivity index (χ0v) is 11.7. The van der Waals surface area contributed by atoms with Gasteiger partial charge in [-0.05, 0) is 26.7 Å². The first-order valence-corrected chi connectivity index (χ1v) is 6.79. The number of ether oxygens (including phenoxy) is 1. The molecule has 0 spiro atoms. The van der Waals surface area contributed by atoms with Gasteiger partial charge in [0.2, 0.25) is 5.91 Å². The van der Waals surface area contributed by atoms with Crippen molar-refractivity contribution in [3.05, 3.63) is 12.0 Å². The molecule has 0 radical (unpaired) electrons. The van der Waals surface area contributed by atoms with E-state index in [0.29, 0.717) is 0 Å². The highest BCUT2D eigenvalue weighted by Crippen LogP contribution is 2.13. The summed E-state index contributed by atoms with van der Waals surface area (Å²) in [6.07, 6.45) is 3.31. The fourth-order valence-electron chi connectivity index (χ4n) is 2.10. The van der Waals surface area contributed by atoms with E-state index in [4.69, 9.17) is 9.15 Å². The Hall–Kier alpha value is -2.05. The van der Waals surface area contributed by atoms with Gasteiger partial charge in [-0.25, -0.2) is 4.79 Å². The van der Waals surface area contributed by atoms with E-state index in [9.17, 15) is 9.59 Å². The molecule has 1 atom stereocenters. The predicted octanol–water partition coefficient (Wildman–Crippen LogP) is 1.27. The standard InChI is InChI=1S/C13H19N3O4/c1-3-19-12(18)10-8-20-13(15-10)14-9(2)11(17)16-6-4-5-7-16/h8-9H,3-7H2,1-2H3,(H,14,15). The normalized spacial score (nSPS) is 16.0. The third-order valence-corrected chi connectivity index (χ3v) is 3.12. The molecule has 1 fully saturated rings. The summed E-state index contributed by atoms with van der Waals surface area (Å²) in [6.45, 7) is 5.33. The monoisotopic (exact) mass is 281 g/mol. The molecular formula is C13H19N3O4. The molecule has 1 aliphatic rings. The highest BCUT2D eigenvalue weighted by molar-refractivity contribution is 5.87. The highest BCUT2D eigenvalue weighted by Gasteiger charge is 2.24. The quantitative estimate of drug-likeness (QED) is 0.818. The van der Waals surface area contributed by atoms with Crippen molar-refractivity contribution >= 4 is 17.9 Å². The van der Waals surface area contributed by atoms with Gasteiger partial charge in [0.15, 0.2) is 5.69 Å². The van der Waals surface area contributed by atoms with E-state index < -0.39 is 12.0 Å². The Morgan fingerprint density at radius 3 is 2.85 bits per heavy atom. The molecule has 7 nitrogen and oxygen atoms in total. The van der Waals surface area contributed by atoms with E-state index in [-0.39, 0.29) is 24.2 Å². The summed E-state index contributed by atoms with van der Waals surface area (Å²) in [4.78, 5) is 29.3. The van der Waals surface area contributed by atoms with Crippen LogP contribution in [-0.2, 0) is 9.53 Å². The topological polar surface area (TPSA) is 84.7 Å². The van der Waals surface area contributed by atoms with Crippen LogP contribution >= 0.6 is 0 Å². The lowest BCUT2D eigenvalue weighted by molar-refractivity contribution is -0.130. The number of carbonyl (C=O) groups excluding carboxylic acids is 2. The van der Waals surface area contributed by atoms with Crippen LogP contribution in [0.4, 0.5) is 6.01 Å². The first kappa shape index (κ1) is 14.4. The van der Waals surface area contributed by atoms with Crippen LogP contribution in [0, 0.1) is 0 Å². The van der Waals surface area contributed by atoms with Gasteiger partial charge in [-0.3, -0.25) is 4.79 Å². The van der Waals surface area contributed by atoms with Crippen LogP contribution in [0.15, 0.2) is 10.7 Å². The second kappa shape index (κ2) is 6.40. The Morgan fingerprint density at radius 1 is 1.50 bits per heavy atom. The number of carbonyl (C=O) groups is 2. The molecule has 1 unspecified atom stereocenters. The van der Waals surface area contributed by atoms with Gasteiger partial charge < -0.3 is 19.4 Å². The molecule has 1 aromatic rings. The van der Waals surface area contributed by atoms with Crippen LogP contribution in [-0.4, -0.2) is 47.5 Å². The number of likely N-dealkylation sites (tertiary alicyclic amines) is 1. The molecule has 110 valence electrons. The van der Waals surface area contributed by atoms with E-state index in [1.807, 2.05) is 4.90 Å². The minimum Gasteiger partial charge on any atom is -0.461 e. The number of hydrogen-bond acceptors (Lipinski definition) is 6. The van der Waals surface area contributed by atoms with E-state index >= 15 is 0 Å². The molecular weight excluding hydrogens is 262 g/mol. The van der Waals surface area contributed by atoms with Crippen molar-refractivity contribution in [2.45, 2.75) is 32.7 Å². The van der Waals surface area contributed by atoms with Crippen molar-refractivity contribution in [3.63, 3.8) is 0 Å². The molecule has 1 N–H and O–H groups in total. The lowest BCUT2D eigenvalue weighted by Gasteiger charge is -2.20. The van der Waals surface area contributed by atoms with Gasteiger partial charge in [-0.2, -0.15) is 4.98 Å². The molecule has 7 heteroatoms. The van der Waals surface area contributed by atoms with Crippen molar-refractivity contribution in [2.24, 2.45) is 0 Å². The summed E-state index contributed by atoms with van der Waals surface area (Å²) in [6, 6.07) is -0.296.